The minimum atomic E-state index is 0.364. The van der Waals surface area contributed by atoms with Crippen LogP contribution in [-0.4, -0.2) is 6.54 Å². The van der Waals surface area contributed by atoms with Crippen LogP contribution in [0.15, 0.2) is 29.6 Å². The van der Waals surface area contributed by atoms with E-state index in [1.807, 2.05) is 11.4 Å². The normalized spacial score (nSPS) is 9.84. The number of ether oxygens (including phenoxy) is 1. The third kappa shape index (κ3) is 4.45. The van der Waals surface area contributed by atoms with Crippen LogP contribution in [0.25, 0.3) is 0 Å². The van der Waals surface area contributed by atoms with Crippen molar-refractivity contribution in [3.8, 4) is 17.6 Å². The topological polar surface area (TPSA) is 35.2 Å². The third-order valence-corrected chi connectivity index (χ3v) is 3.55. The first kappa shape index (κ1) is 14.2. The molecule has 0 aliphatic carbocycles. The highest BCUT2D eigenvalue weighted by atomic mass is 35.5. The molecule has 5 heteroatoms. The largest absolute Gasteiger partial charge is 0.488 e. The summed E-state index contributed by atoms with van der Waals surface area (Å²) in [5.41, 5.74) is 6.28. The molecule has 98 valence electrons. The summed E-state index contributed by atoms with van der Waals surface area (Å²) >= 11 is 13.4. The molecule has 2 N–H and O–H groups in total. The zero-order chi connectivity index (χ0) is 13.7. The van der Waals surface area contributed by atoms with Gasteiger partial charge < -0.3 is 10.5 Å². The van der Waals surface area contributed by atoms with E-state index in [1.165, 1.54) is 0 Å². The molecule has 0 saturated carbocycles. The lowest BCUT2D eigenvalue weighted by Crippen LogP contribution is -1.93. The summed E-state index contributed by atoms with van der Waals surface area (Å²) in [6.07, 6.45) is 0. The van der Waals surface area contributed by atoms with Gasteiger partial charge in [0.05, 0.1) is 6.54 Å². The second-order valence-corrected chi connectivity index (χ2v) is 5.57. The first-order valence-electron chi connectivity index (χ1n) is 5.52. The Kier molecular flexibility index (Phi) is 5.12. The first-order chi connectivity index (χ1) is 9.17. The van der Waals surface area contributed by atoms with Gasteiger partial charge >= 0.3 is 0 Å². The summed E-state index contributed by atoms with van der Waals surface area (Å²) in [6, 6.07) is 7.12. The average Bonchev–Trinajstić information content (AvgIpc) is 2.81. The molecule has 0 saturated heterocycles. The van der Waals surface area contributed by atoms with E-state index in [2.05, 4.69) is 11.8 Å². The number of hydrogen-bond acceptors (Lipinski definition) is 3. The Labute approximate surface area is 126 Å². The van der Waals surface area contributed by atoms with Gasteiger partial charge in [-0.05, 0) is 24.3 Å². The molecule has 19 heavy (non-hydrogen) atoms. The molecule has 0 amide bonds. The highest BCUT2D eigenvalue weighted by Crippen LogP contribution is 2.25. The molecule has 0 fully saturated rings. The molecular weight excluding hydrogens is 301 g/mol. The van der Waals surface area contributed by atoms with E-state index in [0.29, 0.717) is 28.9 Å². The van der Waals surface area contributed by atoms with Crippen molar-refractivity contribution in [2.24, 2.45) is 5.73 Å². The zero-order valence-corrected chi connectivity index (χ0v) is 12.3. The van der Waals surface area contributed by atoms with Crippen molar-refractivity contribution in [1.82, 2.24) is 0 Å². The average molecular weight is 312 g/mol. The van der Waals surface area contributed by atoms with Gasteiger partial charge in [-0.3, -0.25) is 0 Å². The van der Waals surface area contributed by atoms with Gasteiger partial charge in [0.15, 0.2) is 0 Å². The number of rotatable bonds is 3. The van der Waals surface area contributed by atoms with Crippen molar-refractivity contribution in [2.75, 3.05) is 6.54 Å². The molecule has 1 aromatic heterocycles. The molecule has 0 atom stereocenters. The molecule has 2 aromatic rings. The van der Waals surface area contributed by atoms with E-state index in [0.717, 1.165) is 10.4 Å². The van der Waals surface area contributed by atoms with Crippen molar-refractivity contribution in [1.29, 1.82) is 0 Å². The predicted octanol–water partition coefficient (Wildman–Crippen LogP) is 3.94. The highest BCUT2D eigenvalue weighted by Gasteiger charge is 2.02. The van der Waals surface area contributed by atoms with Crippen molar-refractivity contribution in [2.45, 2.75) is 6.61 Å². The molecule has 1 aromatic carbocycles. The third-order valence-electron chi connectivity index (χ3n) is 2.21. The Hall–Kier alpha value is -1.18. The molecule has 2 nitrogen and oxygen atoms in total. The Balaban J connectivity index is 2.00. The summed E-state index contributed by atoms with van der Waals surface area (Å²) in [6.45, 7) is 0.828. The molecule has 0 aliphatic heterocycles. The fourth-order valence-electron chi connectivity index (χ4n) is 1.44. The van der Waals surface area contributed by atoms with Crippen LogP contribution in [-0.2, 0) is 6.61 Å². The SMILES string of the molecule is NCC#Cc1csc(COc2cc(Cl)cc(Cl)c2)c1. The van der Waals surface area contributed by atoms with Crippen LogP contribution in [0.1, 0.15) is 10.4 Å². The van der Waals surface area contributed by atoms with E-state index in [-0.39, 0.29) is 0 Å². The summed E-state index contributed by atoms with van der Waals surface area (Å²) < 4.78 is 5.64. The van der Waals surface area contributed by atoms with E-state index >= 15 is 0 Å². The van der Waals surface area contributed by atoms with Crippen LogP contribution < -0.4 is 10.5 Å². The second-order valence-electron chi connectivity index (χ2n) is 3.70. The standard InChI is InChI=1S/C14H11Cl2NOS/c15-11-5-12(16)7-13(6-11)18-8-14-4-10(9-19-14)2-1-3-17/h4-7,9H,3,8,17H2. The van der Waals surface area contributed by atoms with Gasteiger partial charge in [0, 0.05) is 25.9 Å². The summed E-state index contributed by atoms with van der Waals surface area (Å²) in [4.78, 5) is 1.08. The second kappa shape index (κ2) is 6.83. The smallest absolute Gasteiger partial charge is 0.122 e. The van der Waals surface area contributed by atoms with Gasteiger partial charge in [0.25, 0.3) is 0 Å². The van der Waals surface area contributed by atoms with Crippen molar-refractivity contribution < 1.29 is 4.74 Å². The van der Waals surface area contributed by atoms with Crippen LogP contribution in [0.4, 0.5) is 0 Å². The fraction of sp³-hybridized carbons (Fsp3) is 0.143. The van der Waals surface area contributed by atoms with Gasteiger partial charge in [0.1, 0.15) is 12.4 Å². The quantitative estimate of drug-likeness (QED) is 0.871. The van der Waals surface area contributed by atoms with Crippen LogP contribution >= 0.6 is 34.5 Å². The number of benzene rings is 1. The van der Waals surface area contributed by atoms with Crippen molar-refractivity contribution in [3.05, 3.63) is 50.1 Å². The highest BCUT2D eigenvalue weighted by molar-refractivity contribution is 7.10. The van der Waals surface area contributed by atoms with Gasteiger partial charge in [0.2, 0.25) is 0 Å². The molecule has 0 spiro atoms. The number of halogens is 2. The molecule has 1 heterocycles. The Morgan fingerprint density at radius 3 is 2.58 bits per heavy atom. The van der Waals surface area contributed by atoms with Crippen molar-refractivity contribution in [3.63, 3.8) is 0 Å². The van der Waals surface area contributed by atoms with E-state index in [9.17, 15) is 0 Å². The Bertz CT molecular complexity index is 608. The summed E-state index contributed by atoms with van der Waals surface area (Å²) in [5, 5.41) is 3.10. The predicted molar refractivity (Wildman–Crippen MR) is 81.0 cm³/mol. The first-order valence-corrected chi connectivity index (χ1v) is 7.16. The monoisotopic (exact) mass is 311 g/mol. The molecule has 0 bridgehead atoms. The lowest BCUT2D eigenvalue weighted by molar-refractivity contribution is 0.310. The summed E-state index contributed by atoms with van der Waals surface area (Å²) in [7, 11) is 0. The van der Waals surface area contributed by atoms with Crippen LogP contribution in [0, 0.1) is 11.8 Å². The number of thiophene rings is 1. The Morgan fingerprint density at radius 2 is 1.89 bits per heavy atom. The molecule has 2 rings (SSSR count). The molecule has 0 radical (unpaired) electrons. The maximum atomic E-state index is 5.90. The molecular formula is C14H11Cl2NOS. The summed E-state index contributed by atoms with van der Waals surface area (Å²) in [5.74, 6) is 6.45. The molecule has 0 unspecified atom stereocenters. The fourth-order valence-corrected chi connectivity index (χ4v) is 2.67. The van der Waals surface area contributed by atoms with Gasteiger partial charge in [-0.25, -0.2) is 0 Å². The lowest BCUT2D eigenvalue weighted by Gasteiger charge is -2.05. The minimum absolute atomic E-state index is 0.364. The van der Waals surface area contributed by atoms with Gasteiger partial charge in [-0.15, -0.1) is 11.3 Å². The van der Waals surface area contributed by atoms with Gasteiger partial charge in [-0.1, -0.05) is 35.0 Å². The van der Waals surface area contributed by atoms with E-state index in [4.69, 9.17) is 33.7 Å². The van der Waals surface area contributed by atoms with E-state index in [1.54, 1.807) is 29.5 Å². The number of hydrogen-bond donors (Lipinski definition) is 1. The Morgan fingerprint density at radius 1 is 1.16 bits per heavy atom. The van der Waals surface area contributed by atoms with Crippen LogP contribution in [0.3, 0.4) is 0 Å². The van der Waals surface area contributed by atoms with Crippen LogP contribution in [0.5, 0.6) is 5.75 Å². The zero-order valence-electron chi connectivity index (χ0n) is 9.95. The maximum absolute atomic E-state index is 5.90. The minimum Gasteiger partial charge on any atom is -0.488 e. The van der Waals surface area contributed by atoms with Crippen molar-refractivity contribution >= 4 is 34.5 Å². The lowest BCUT2D eigenvalue weighted by atomic mass is 10.3. The van der Waals surface area contributed by atoms with E-state index < -0.39 is 0 Å². The van der Waals surface area contributed by atoms with Crippen LogP contribution in [0.2, 0.25) is 10.0 Å². The van der Waals surface area contributed by atoms with Gasteiger partial charge in [-0.2, -0.15) is 0 Å². The maximum Gasteiger partial charge on any atom is 0.122 e. The molecule has 0 aliphatic rings. The number of nitrogens with two attached hydrogens (primary N) is 1.